The van der Waals surface area contributed by atoms with Crippen LogP contribution in [-0.2, 0) is 0 Å². The third kappa shape index (κ3) is 17.3. The number of alkyl halides is 12. The van der Waals surface area contributed by atoms with Crippen molar-refractivity contribution in [1.82, 2.24) is 0 Å². The van der Waals surface area contributed by atoms with Gasteiger partial charge in [-0.2, -0.15) is 52.7 Å². The SMILES string of the molecule is O/C(=C\C=Nc1cc(F)c(F)cc1N=C/C=C(\O)C(F)(F)F)C(F)(F)F.[Ce].[O-]/C(=C\C=Nc1cc(F)c(F)cc1N=C/C=C(\O)C(F)(F)F)C(F)(F)F. The van der Waals surface area contributed by atoms with Crippen LogP contribution < -0.4 is 5.11 Å². The van der Waals surface area contributed by atoms with E-state index in [2.05, 4.69) is 20.0 Å². The van der Waals surface area contributed by atoms with Gasteiger partial charge >= 0.3 is 24.7 Å². The predicted octanol–water partition coefficient (Wildman–Crippen LogP) is 9.56. The van der Waals surface area contributed by atoms with E-state index in [4.69, 9.17) is 15.3 Å². The zero-order valence-electron chi connectivity index (χ0n) is 25.0. The summed E-state index contributed by atoms with van der Waals surface area (Å²) in [5.74, 6) is -14.2. The summed E-state index contributed by atoms with van der Waals surface area (Å²) in [5.41, 5.74) is -2.25. The van der Waals surface area contributed by atoms with E-state index >= 15 is 0 Å². The third-order valence-electron chi connectivity index (χ3n) is 4.96. The molecule has 8 nitrogen and oxygen atoms in total. The molecule has 2 aromatic carbocycles. The molecule has 0 spiro atoms. The summed E-state index contributed by atoms with van der Waals surface area (Å²) in [4.78, 5) is 13.2. The van der Waals surface area contributed by atoms with E-state index in [1.807, 2.05) is 0 Å². The molecular formula is C28H15CeF16N4O4-. The molecule has 0 unspecified atom stereocenters. The van der Waals surface area contributed by atoms with Crippen molar-refractivity contribution in [2.24, 2.45) is 20.0 Å². The fourth-order valence-electron chi connectivity index (χ4n) is 2.59. The Kier molecular flexibility index (Phi) is 18.4. The average molecular weight is 916 g/mol. The number of allylic oxidation sites excluding steroid dienone is 8. The van der Waals surface area contributed by atoms with Crippen molar-refractivity contribution in [3.63, 3.8) is 0 Å². The average Bonchev–Trinajstić information content (AvgIpc) is 2.99. The topological polar surface area (TPSA) is 133 Å². The van der Waals surface area contributed by atoms with Gasteiger partial charge in [-0.3, -0.25) is 20.0 Å². The molecule has 0 aliphatic rings. The standard InChI is InChI=1S/2C14H8F8N2O2.Ce/c2*15-7-5-9(23-3-1-11(25)13(17,18)19)10(6-8(7)16)24-4-2-12(26)14(20,21)22;/h2*1-6,25-26H;/p-1/b2*11-1-,12-2-,23-3?,24-4?;. The first kappa shape index (κ1) is 48.5. The number of halogens is 16. The fraction of sp³-hybridized carbons (Fsp3) is 0.143. The molecule has 0 radical (unpaired) electrons. The predicted molar refractivity (Wildman–Crippen MR) is 150 cm³/mol. The zero-order valence-corrected chi connectivity index (χ0v) is 28.2. The molecule has 2 aromatic rings. The number of hydrogen-bond acceptors (Lipinski definition) is 8. The second-order valence-corrected chi connectivity index (χ2v) is 8.80. The minimum absolute atomic E-state index is 0. The molecule has 2 rings (SSSR count). The number of benzene rings is 2. The van der Waals surface area contributed by atoms with Crippen LogP contribution >= 0.6 is 0 Å². The van der Waals surface area contributed by atoms with Gasteiger partial charge in [0.2, 0.25) is 0 Å². The number of aliphatic imine (C=N–C) groups is 4. The smallest absolute Gasteiger partial charge is 0.448 e. The minimum atomic E-state index is -5.17. The van der Waals surface area contributed by atoms with Gasteiger partial charge in [0.1, 0.15) is 0 Å². The van der Waals surface area contributed by atoms with E-state index in [9.17, 15) is 75.4 Å². The van der Waals surface area contributed by atoms with Gasteiger partial charge in [-0.25, -0.2) is 17.6 Å². The number of nitrogens with zero attached hydrogens (tertiary/aromatic N) is 4. The van der Waals surface area contributed by atoms with E-state index in [-0.39, 0.29) is 66.1 Å². The largest absolute Gasteiger partial charge is 0.869 e. The van der Waals surface area contributed by atoms with Gasteiger partial charge in [0.25, 0.3) is 0 Å². The summed E-state index contributed by atoms with van der Waals surface area (Å²) in [6, 6.07) is 1.65. The van der Waals surface area contributed by atoms with Gasteiger partial charge in [-0.1, -0.05) is 0 Å². The molecule has 0 aliphatic heterocycles. The first-order valence-electron chi connectivity index (χ1n) is 12.6. The zero-order chi connectivity index (χ0) is 40.2. The van der Waals surface area contributed by atoms with Crippen molar-refractivity contribution < 1.29 is 132 Å². The molecule has 0 amide bonds. The molecule has 0 saturated heterocycles. The van der Waals surface area contributed by atoms with Crippen LogP contribution in [0.3, 0.4) is 0 Å². The van der Waals surface area contributed by atoms with Crippen molar-refractivity contribution in [2.75, 3.05) is 0 Å². The van der Waals surface area contributed by atoms with E-state index in [1.165, 1.54) is 0 Å². The van der Waals surface area contributed by atoms with Crippen molar-refractivity contribution in [3.05, 3.63) is 94.9 Å². The maximum Gasteiger partial charge on any atom is 0.448 e. The Bertz CT molecular complexity index is 1560. The molecule has 0 saturated carbocycles. The summed E-state index contributed by atoms with van der Waals surface area (Å²) in [7, 11) is 0. The van der Waals surface area contributed by atoms with Crippen LogP contribution in [0.25, 0.3) is 0 Å². The van der Waals surface area contributed by atoms with Gasteiger partial charge < -0.3 is 20.4 Å². The van der Waals surface area contributed by atoms with E-state index in [0.717, 1.165) is 0 Å². The van der Waals surface area contributed by atoms with Crippen molar-refractivity contribution in [3.8, 4) is 0 Å². The van der Waals surface area contributed by atoms with Crippen LogP contribution in [0, 0.1) is 65.0 Å². The van der Waals surface area contributed by atoms with E-state index in [1.54, 1.807) is 0 Å². The molecule has 0 fully saturated rings. The molecule has 0 bridgehead atoms. The van der Waals surface area contributed by atoms with Crippen molar-refractivity contribution in [2.45, 2.75) is 24.7 Å². The monoisotopic (exact) mass is 915 g/mol. The van der Waals surface area contributed by atoms with Gasteiger partial charge in [-0.15, -0.1) is 0 Å². The molecule has 0 aromatic heterocycles. The number of aliphatic hydroxyl groups excluding tert-OH is 3. The Hall–Kier alpha value is -4.46. The number of rotatable bonds is 8. The van der Waals surface area contributed by atoms with Crippen LogP contribution in [0.2, 0.25) is 0 Å². The summed E-state index contributed by atoms with van der Waals surface area (Å²) >= 11 is 0. The number of aliphatic hydroxyl groups is 3. The maximum atomic E-state index is 13.2. The van der Waals surface area contributed by atoms with Crippen LogP contribution in [-0.4, -0.2) is 64.9 Å². The molecule has 0 atom stereocenters. The minimum Gasteiger partial charge on any atom is -0.869 e. The molecule has 53 heavy (non-hydrogen) atoms. The molecular weight excluding hydrogens is 900 g/mol. The first-order chi connectivity index (χ1) is 23.6. The molecule has 3 N–H and O–H groups in total. The van der Waals surface area contributed by atoms with Crippen LogP contribution in [0.4, 0.5) is 93.0 Å². The Labute approximate surface area is 318 Å². The molecule has 288 valence electrons. The van der Waals surface area contributed by atoms with Crippen molar-refractivity contribution >= 4 is 47.6 Å². The second-order valence-electron chi connectivity index (χ2n) is 8.80. The van der Waals surface area contributed by atoms with E-state index < -0.39 is 93.8 Å². The van der Waals surface area contributed by atoms with Gasteiger partial charge in [-0.05, 0) is 11.8 Å². The Balaban J connectivity index is 0.00000100. The van der Waals surface area contributed by atoms with Gasteiger partial charge in [0.05, 0.1) is 22.7 Å². The van der Waals surface area contributed by atoms with E-state index in [0.29, 0.717) is 49.1 Å². The summed E-state index contributed by atoms with van der Waals surface area (Å²) in [6.45, 7) is 0. The van der Waals surface area contributed by atoms with Crippen molar-refractivity contribution in [1.29, 1.82) is 0 Å². The maximum absolute atomic E-state index is 13.2. The normalized spacial score (nSPS) is 14.3. The molecule has 0 heterocycles. The number of hydrogen-bond donors (Lipinski definition) is 3. The van der Waals surface area contributed by atoms with Crippen LogP contribution in [0.15, 0.2) is 91.6 Å². The summed E-state index contributed by atoms with van der Waals surface area (Å²) < 4.78 is 197. The van der Waals surface area contributed by atoms with Crippen LogP contribution in [0.5, 0.6) is 0 Å². The van der Waals surface area contributed by atoms with Gasteiger partial charge in [0, 0.05) is 109 Å². The van der Waals surface area contributed by atoms with Gasteiger partial charge in [0.15, 0.2) is 40.5 Å². The Morgan fingerprint density at radius 1 is 0.434 bits per heavy atom. The Morgan fingerprint density at radius 3 is 0.830 bits per heavy atom. The third-order valence-corrected chi connectivity index (χ3v) is 4.96. The fourth-order valence-corrected chi connectivity index (χ4v) is 2.59. The summed E-state index contributed by atoms with van der Waals surface area (Å²) in [5, 5.41) is 36.6. The second kappa shape index (κ2) is 20.1. The molecule has 25 heteroatoms. The van der Waals surface area contributed by atoms with Crippen LogP contribution in [0.1, 0.15) is 0 Å². The molecule has 0 aliphatic carbocycles. The summed E-state index contributed by atoms with van der Waals surface area (Å²) in [6.07, 6.45) is -18.5. The quantitative estimate of drug-likeness (QED) is 0.138. The Morgan fingerprint density at radius 2 is 0.642 bits per heavy atom. The first-order valence-corrected chi connectivity index (χ1v) is 12.6.